The lowest BCUT2D eigenvalue weighted by molar-refractivity contribution is 0.0806. The van der Waals surface area contributed by atoms with Crippen molar-refractivity contribution in [3.8, 4) is 11.9 Å². The molecule has 0 aliphatic carbocycles. The molecule has 0 spiro atoms. The summed E-state index contributed by atoms with van der Waals surface area (Å²) in [7, 11) is 0. The zero-order chi connectivity index (χ0) is 12.7. The van der Waals surface area contributed by atoms with Gasteiger partial charge in [0.2, 0.25) is 5.88 Å². The Bertz CT molecular complexity index is 402. The number of pyridine rings is 1. The summed E-state index contributed by atoms with van der Waals surface area (Å²) in [6.07, 6.45) is 1.49. The van der Waals surface area contributed by atoms with Crippen molar-refractivity contribution < 1.29 is 9.47 Å². The van der Waals surface area contributed by atoms with E-state index in [0.29, 0.717) is 31.3 Å². The third-order valence-electron chi connectivity index (χ3n) is 1.90. The number of aromatic nitrogens is 1. The van der Waals surface area contributed by atoms with Gasteiger partial charge in [-0.15, -0.1) is 0 Å². The molecule has 0 unspecified atom stereocenters. The predicted molar refractivity (Wildman–Crippen MR) is 65.1 cm³/mol. The van der Waals surface area contributed by atoms with Crippen molar-refractivity contribution in [2.45, 2.75) is 13.8 Å². The summed E-state index contributed by atoms with van der Waals surface area (Å²) in [5.74, 6) is 0.775. The van der Waals surface area contributed by atoms with Gasteiger partial charge in [-0.25, -0.2) is 4.98 Å². The summed E-state index contributed by atoms with van der Waals surface area (Å²) in [5.41, 5.74) is 0.361. The first kappa shape index (κ1) is 13.8. The van der Waals surface area contributed by atoms with Gasteiger partial charge in [-0.2, -0.15) is 5.26 Å². The third kappa shape index (κ3) is 4.59. The lowest BCUT2D eigenvalue weighted by Gasteiger charge is -2.09. The SMILES string of the molecule is CC(C)COCCOc1nccc(C#N)c1Cl. The zero-order valence-electron chi connectivity index (χ0n) is 9.94. The fourth-order valence-corrected chi connectivity index (χ4v) is 1.34. The molecule has 0 fully saturated rings. The van der Waals surface area contributed by atoms with Crippen molar-refractivity contribution in [3.63, 3.8) is 0 Å². The molecule has 0 saturated carbocycles. The van der Waals surface area contributed by atoms with Gasteiger partial charge < -0.3 is 9.47 Å². The topological polar surface area (TPSA) is 55.1 Å². The Balaban J connectivity index is 2.40. The van der Waals surface area contributed by atoms with Gasteiger partial charge in [0, 0.05) is 12.8 Å². The lowest BCUT2D eigenvalue weighted by Crippen LogP contribution is -2.11. The number of rotatable bonds is 6. The van der Waals surface area contributed by atoms with E-state index in [4.69, 9.17) is 26.3 Å². The zero-order valence-corrected chi connectivity index (χ0v) is 10.7. The Kier molecular flexibility index (Phi) is 5.75. The van der Waals surface area contributed by atoms with Crippen LogP contribution in [-0.2, 0) is 4.74 Å². The van der Waals surface area contributed by atoms with Crippen LogP contribution in [0.5, 0.6) is 5.88 Å². The minimum absolute atomic E-state index is 0.249. The molecule has 1 rings (SSSR count). The first-order chi connectivity index (χ1) is 8.15. The lowest BCUT2D eigenvalue weighted by atomic mass is 10.2. The fraction of sp³-hybridized carbons (Fsp3) is 0.500. The number of ether oxygens (including phenoxy) is 2. The van der Waals surface area contributed by atoms with Crippen LogP contribution in [0.1, 0.15) is 19.4 Å². The van der Waals surface area contributed by atoms with Crippen LogP contribution in [0.15, 0.2) is 12.3 Å². The molecule has 0 aliphatic rings. The van der Waals surface area contributed by atoms with Gasteiger partial charge >= 0.3 is 0 Å². The van der Waals surface area contributed by atoms with Crippen molar-refractivity contribution in [1.82, 2.24) is 4.98 Å². The molecular formula is C12H15ClN2O2. The summed E-state index contributed by atoms with van der Waals surface area (Å²) in [5, 5.41) is 9.02. The molecule has 1 aromatic rings. The molecule has 92 valence electrons. The Morgan fingerprint density at radius 3 is 2.88 bits per heavy atom. The maximum Gasteiger partial charge on any atom is 0.234 e. The van der Waals surface area contributed by atoms with Gasteiger partial charge in [0.15, 0.2) is 0 Å². The van der Waals surface area contributed by atoms with E-state index in [1.807, 2.05) is 6.07 Å². The number of halogens is 1. The van der Waals surface area contributed by atoms with Gasteiger partial charge in [0.1, 0.15) is 17.7 Å². The largest absolute Gasteiger partial charge is 0.474 e. The van der Waals surface area contributed by atoms with Crippen molar-refractivity contribution >= 4 is 11.6 Å². The smallest absolute Gasteiger partial charge is 0.234 e. The number of hydrogen-bond donors (Lipinski definition) is 0. The highest BCUT2D eigenvalue weighted by atomic mass is 35.5. The number of hydrogen-bond acceptors (Lipinski definition) is 4. The van der Waals surface area contributed by atoms with Crippen LogP contribution in [0.3, 0.4) is 0 Å². The summed E-state index contributed by atoms with van der Waals surface area (Å²) < 4.78 is 10.7. The Morgan fingerprint density at radius 2 is 2.24 bits per heavy atom. The molecule has 0 saturated heterocycles. The first-order valence-electron chi connectivity index (χ1n) is 5.40. The maximum absolute atomic E-state index is 8.77. The predicted octanol–water partition coefficient (Wildman–Crippen LogP) is 2.66. The van der Waals surface area contributed by atoms with E-state index in [2.05, 4.69) is 18.8 Å². The first-order valence-corrected chi connectivity index (χ1v) is 5.78. The Morgan fingerprint density at radius 1 is 1.47 bits per heavy atom. The van der Waals surface area contributed by atoms with Crippen molar-refractivity contribution in [2.75, 3.05) is 19.8 Å². The van der Waals surface area contributed by atoms with Crippen LogP contribution in [0.25, 0.3) is 0 Å². The highest BCUT2D eigenvalue weighted by Gasteiger charge is 2.07. The molecule has 0 atom stereocenters. The highest BCUT2D eigenvalue weighted by molar-refractivity contribution is 6.32. The van der Waals surface area contributed by atoms with Crippen molar-refractivity contribution in [1.29, 1.82) is 5.26 Å². The second-order valence-corrected chi connectivity index (χ2v) is 4.28. The molecule has 1 heterocycles. The van der Waals surface area contributed by atoms with Gasteiger partial charge in [-0.3, -0.25) is 0 Å². The van der Waals surface area contributed by atoms with E-state index in [0.717, 1.165) is 0 Å². The normalized spacial score (nSPS) is 10.3. The molecule has 0 amide bonds. The molecule has 0 N–H and O–H groups in total. The number of nitriles is 1. The summed E-state index contributed by atoms with van der Waals surface area (Å²) >= 11 is 5.92. The minimum atomic E-state index is 0.249. The van der Waals surface area contributed by atoms with E-state index >= 15 is 0 Å². The van der Waals surface area contributed by atoms with Crippen LogP contribution >= 0.6 is 11.6 Å². The summed E-state index contributed by atoms with van der Waals surface area (Å²) in [6, 6.07) is 3.52. The standard InChI is InChI=1S/C12H15ClN2O2/c1-9(2)8-16-5-6-17-12-11(13)10(7-14)3-4-15-12/h3-4,9H,5-6,8H2,1-2H3. The molecule has 17 heavy (non-hydrogen) atoms. The maximum atomic E-state index is 8.77. The Labute approximate surface area is 106 Å². The molecule has 4 nitrogen and oxygen atoms in total. The minimum Gasteiger partial charge on any atom is -0.474 e. The highest BCUT2D eigenvalue weighted by Crippen LogP contribution is 2.24. The third-order valence-corrected chi connectivity index (χ3v) is 2.26. The second kappa shape index (κ2) is 7.10. The monoisotopic (exact) mass is 254 g/mol. The average molecular weight is 255 g/mol. The van der Waals surface area contributed by atoms with E-state index in [9.17, 15) is 0 Å². The van der Waals surface area contributed by atoms with Crippen LogP contribution in [-0.4, -0.2) is 24.8 Å². The molecule has 5 heteroatoms. The summed E-state index contributed by atoms with van der Waals surface area (Å²) in [6.45, 7) is 5.70. The number of nitrogens with zero attached hydrogens (tertiary/aromatic N) is 2. The van der Waals surface area contributed by atoms with Gasteiger partial charge in [0.05, 0.1) is 12.2 Å². The van der Waals surface area contributed by atoms with Crippen molar-refractivity contribution in [2.24, 2.45) is 5.92 Å². The van der Waals surface area contributed by atoms with Gasteiger partial charge in [-0.05, 0) is 12.0 Å². The van der Waals surface area contributed by atoms with Crippen LogP contribution < -0.4 is 4.74 Å². The van der Waals surface area contributed by atoms with E-state index in [-0.39, 0.29) is 10.9 Å². The van der Waals surface area contributed by atoms with Crippen LogP contribution in [0.4, 0.5) is 0 Å². The van der Waals surface area contributed by atoms with Gasteiger partial charge in [0.25, 0.3) is 0 Å². The van der Waals surface area contributed by atoms with Gasteiger partial charge in [-0.1, -0.05) is 25.4 Å². The van der Waals surface area contributed by atoms with E-state index < -0.39 is 0 Å². The molecular weight excluding hydrogens is 240 g/mol. The average Bonchev–Trinajstić information content (AvgIpc) is 2.30. The summed E-state index contributed by atoms with van der Waals surface area (Å²) in [4.78, 5) is 3.96. The quantitative estimate of drug-likeness (QED) is 0.733. The molecule has 0 aromatic carbocycles. The van der Waals surface area contributed by atoms with Crippen LogP contribution in [0, 0.1) is 17.2 Å². The van der Waals surface area contributed by atoms with Crippen molar-refractivity contribution in [3.05, 3.63) is 22.8 Å². The molecule has 0 bridgehead atoms. The second-order valence-electron chi connectivity index (χ2n) is 3.91. The molecule has 0 aliphatic heterocycles. The Hall–Kier alpha value is -1.31. The molecule has 0 radical (unpaired) electrons. The van der Waals surface area contributed by atoms with E-state index in [1.165, 1.54) is 6.20 Å². The molecule has 1 aromatic heterocycles. The van der Waals surface area contributed by atoms with Crippen LogP contribution in [0.2, 0.25) is 5.02 Å². The fourth-order valence-electron chi connectivity index (χ4n) is 1.13. The van der Waals surface area contributed by atoms with E-state index in [1.54, 1.807) is 6.07 Å².